The van der Waals surface area contributed by atoms with Gasteiger partial charge in [-0.25, -0.2) is 0 Å². The molecule has 1 atom stereocenters. The highest BCUT2D eigenvalue weighted by molar-refractivity contribution is 6.34. The molecule has 0 aromatic heterocycles. The monoisotopic (exact) mass is 261 g/mol. The van der Waals surface area contributed by atoms with E-state index in [9.17, 15) is 0 Å². The van der Waals surface area contributed by atoms with Crippen LogP contribution in [-0.2, 0) is 4.74 Å². The van der Waals surface area contributed by atoms with E-state index in [0.717, 1.165) is 18.5 Å². The van der Waals surface area contributed by atoms with Crippen LogP contribution in [0.2, 0.25) is 10.0 Å². The number of hydrogen-bond donors (Lipinski definition) is 1. The number of benzene rings is 1. The first kappa shape index (κ1) is 13.8. The van der Waals surface area contributed by atoms with E-state index in [-0.39, 0.29) is 6.04 Å². The van der Waals surface area contributed by atoms with Gasteiger partial charge >= 0.3 is 0 Å². The summed E-state index contributed by atoms with van der Waals surface area (Å²) in [6.45, 7) is 3.68. The highest BCUT2D eigenvalue weighted by atomic mass is 35.5. The van der Waals surface area contributed by atoms with Gasteiger partial charge in [0.1, 0.15) is 0 Å². The maximum atomic E-state index is 5.98. The van der Waals surface area contributed by atoms with E-state index >= 15 is 0 Å². The Morgan fingerprint density at radius 1 is 1.25 bits per heavy atom. The van der Waals surface area contributed by atoms with Crippen molar-refractivity contribution in [2.45, 2.75) is 19.4 Å². The Kier molecular flexibility index (Phi) is 6.14. The summed E-state index contributed by atoms with van der Waals surface area (Å²) >= 11 is 12.0. The summed E-state index contributed by atoms with van der Waals surface area (Å²) in [5, 5.41) is 4.71. The number of nitrogens with one attached hydrogen (secondary N) is 1. The summed E-state index contributed by atoms with van der Waals surface area (Å²) in [5.41, 5.74) is 1.06. The maximum absolute atomic E-state index is 5.98. The number of methoxy groups -OCH3 is 1. The van der Waals surface area contributed by atoms with Gasteiger partial charge in [0.2, 0.25) is 0 Å². The minimum atomic E-state index is 0.140. The summed E-state index contributed by atoms with van der Waals surface area (Å²) in [6.07, 6.45) is 1.08. The van der Waals surface area contributed by atoms with Crippen molar-refractivity contribution in [1.82, 2.24) is 5.32 Å². The average Bonchev–Trinajstić information content (AvgIpc) is 2.22. The Morgan fingerprint density at radius 2 is 1.88 bits per heavy atom. The summed E-state index contributed by atoms with van der Waals surface area (Å²) in [6, 6.07) is 5.71. The molecule has 4 heteroatoms. The number of halogens is 2. The van der Waals surface area contributed by atoms with E-state index in [1.807, 2.05) is 12.1 Å². The molecule has 0 spiro atoms. The first-order chi connectivity index (χ1) is 7.67. The molecule has 90 valence electrons. The highest BCUT2D eigenvalue weighted by Crippen LogP contribution is 2.23. The molecule has 0 saturated carbocycles. The lowest BCUT2D eigenvalue weighted by Gasteiger charge is -2.18. The van der Waals surface area contributed by atoms with Crippen LogP contribution in [0.4, 0.5) is 0 Å². The van der Waals surface area contributed by atoms with Gasteiger partial charge in [-0.3, -0.25) is 0 Å². The number of hydrogen-bond acceptors (Lipinski definition) is 2. The number of rotatable bonds is 6. The van der Waals surface area contributed by atoms with Gasteiger partial charge in [0.05, 0.1) is 12.6 Å². The minimum Gasteiger partial charge on any atom is -0.383 e. The second kappa shape index (κ2) is 7.13. The van der Waals surface area contributed by atoms with Crippen LogP contribution in [0.15, 0.2) is 18.2 Å². The molecule has 0 saturated heterocycles. The third-order valence-corrected chi connectivity index (χ3v) is 2.70. The van der Waals surface area contributed by atoms with E-state index in [1.165, 1.54) is 0 Å². The Hall–Kier alpha value is -0.280. The molecule has 0 unspecified atom stereocenters. The molecule has 2 nitrogen and oxygen atoms in total. The zero-order valence-electron chi connectivity index (χ0n) is 9.59. The van der Waals surface area contributed by atoms with Gasteiger partial charge in [0.15, 0.2) is 0 Å². The van der Waals surface area contributed by atoms with Crippen LogP contribution >= 0.6 is 23.2 Å². The molecule has 0 fully saturated rings. The lowest BCUT2D eigenvalue weighted by Crippen LogP contribution is -2.25. The molecule has 16 heavy (non-hydrogen) atoms. The van der Waals surface area contributed by atoms with Gasteiger partial charge in [-0.15, -0.1) is 0 Å². The Morgan fingerprint density at radius 3 is 2.38 bits per heavy atom. The van der Waals surface area contributed by atoms with E-state index in [0.29, 0.717) is 16.7 Å². The van der Waals surface area contributed by atoms with Crippen molar-refractivity contribution < 1.29 is 4.74 Å². The molecule has 0 radical (unpaired) electrons. The van der Waals surface area contributed by atoms with E-state index in [1.54, 1.807) is 13.2 Å². The number of ether oxygens (including phenoxy) is 1. The standard InChI is InChI=1S/C12H17Cl2NO/c1-3-4-15-12(8-16-2)9-5-10(13)7-11(14)6-9/h5-7,12,15H,3-4,8H2,1-2H3/t12-/m0/s1. The molecule has 0 bridgehead atoms. The van der Waals surface area contributed by atoms with Crippen LogP contribution in [0.3, 0.4) is 0 Å². The van der Waals surface area contributed by atoms with Crippen LogP contribution in [0.5, 0.6) is 0 Å². The molecule has 1 aromatic carbocycles. The first-order valence-corrected chi connectivity index (χ1v) is 6.11. The minimum absolute atomic E-state index is 0.140. The van der Waals surface area contributed by atoms with Crippen LogP contribution in [0.25, 0.3) is 0 Å². The zero-order chi connectivity index (χ0) is 12.0. The molecule has 0 aliphatic heterocycles. The third-order valence-electron chi connectivity index (χ3n) is 2.26. The van der Waals surface area contributed by atoms with Crippen molar-refractivity contribution in [3.63, 3.8) is 0 Å². The van der Waals surface area contributed by atoms with Gasteiger partial charge in [0.25, 0.3) is 0 Å². The van der Waals surface area contributed by atoms with Gasteiger partial charge in [-0.05, 0) is 36.7 Å². The molecule has 1 N–H and O–H groups in total. The highest BCUT2D eigenvalue weighted by Gasteiger charge is 2.11. The lowest BCUT2D eigenvalue weighted by molar-refractivity contribution is 0.167. The Balaban J connectivity index is 2.82. The van der Waals surface area contributed by atoms with Crippen LogP contribution in [-0.4, -0.2) is 20.3 Å². The van der Waals surface area contributed by atoms with Crippen LogP contribution < -0.4 is 5.32 Å². The first-order valence-electron chi connectivity index (χ1n) is 5.35. The fraction of sp³-hybridized carbons (Fsp3) is 0.500. The van der Waals surface area contributed by atoms with Gasteiger partial charge < -0.3 is 10.1 Å². The largest absolute Gasteiger partial charge is 0.383 e. The molecular weight excluding hydrogens is 245 g/mol. The predicted molar refractivity (Wildman–Crippen MR) is 69.4 cm³/mol. The van der Waals surface area contributed by atoms with Gasteiger partial charge in [0, 0.05) is 17.2 Å². The second-order valence-corrected chi connectivity index (χ2v) is 4.54. The summed E-state index contributed by atoms with van der Waals surface area (Å²) < 4.78 is 5.19. The quantitative estimate of drug-likeness (QED) is 0.844. The SMILES string of the molecule is CCCN[C@@H](COC)c1cc(Cl)cc(Cl)c1. The summed E-state index contributed by atoms with van der Waals surface area (Å²) in [4.78, 5) is 0. The Labute approximate surface area is 107 Å². The van der Waals surface area contributed by atoms with Crippen molar-refractivity contribution in [1.29, 1.82) is 0 Å². The topological polar surface area (TPSA) is 21.3 Å². The zero-order valence-corrected chi connectivity index (χ0v) is 11.1. The molecule has 1 aromatic rings. The molecule has 0 heterocycles. The maximum Gasteiger partial charge on any atom is 0.0657 e. The van der Waals surface area contributed by atoms with Crippen molar-refractivity contribution in [3.05, 3.63) is 33.8 Å². The molecule has 0 aliphatic carbocycles. The van der Waals surface area contributed by atoms with E-state index in [2.05, 4.69) is 12.2 Å². The Bertz CT molecular complexity index is 311. The van der Waals surface area contributed by atoms with E-state index in [4.69, 9.17) is 27.9 Å². The van der Waals surface area contributed by atoms with Gasteiger partial charge in [-0.1, -0.05) is 30.1 Å². The molecule has 0 amide bonds. The molecule has 0 aliphatic rings. The normalized spacial score (nSPS) is 12.8. The second-order valence-electron chi connectivity index (χ2n) is 3.66. The predicted octanol–water partition coefficient (Wildman–Crippen LogP) is 3.68. The van der Waals surface area contributed by atoms with Crippen molar-refractivity contribution in [2.75, 3.05) is 20.3 Å². The van der Waals surface area contributed by atoms with Crippen LogP contribution in [0, 0.1) is 0 Å². The van der Waals surface area contributed by atoms with Gasteiger partial charge in [-0.2, -0.15) is 0 Å². The average molecular weight is 262 g/mol. The van der Waals surface area contributed by atoms with E-state index < -0.39 is 0 Å². The third kappa shape index (κ3) is 4.30. The smallest absolute Gasteiger partial charge is 0.0657 e. The molecule has 1 rings (SSSR count). The van der Waals surface area contributed by atoms with Crippen molar-refractivity contribution >= 4 is 23.2 Å². The van der Waals surface area contributed by atoms with Crippen molar-refractivity contribution in [2.24, 2.45) is 0 Å². The lowest BCUT2D eigenvalue weighted by atomic mass is 10.1. The fourth-order valence-electron chi connectivity index (χ4n) is 1.53. The molecular formula is C12H17Cl2NO. The summed E-state index contributed by atoms with van der Waals surface area (Å²) in [5.74, 6) is 0. The van der Waals surface area contributed by atoms with Crippen molar-refractivity contribution in [3.8, 4) is 0 Å². The fourth-order valence-corrected chi connectivity index (χ4v) is 2.08. The summed E-state index contributed by atoms with van der Waals surface area (Å²) in [7, 11) is 1.69. The van der Waals surface area contributed by atoms with Crippen LogP contribution in [0.1, 0.15) is 24.9 Å².